The summed E-state index contributed by atoms with van der Waals surface area (Å²) in [6.07, 6.45) is 0. The summed E-state index contributed by atoms with van der Waals surface area (Å²) in [6.45, 7) is 0.666. The second-order valence-corrected chi connectivity index (χ2v) is 6.57. The molecule has 4 nitrogen and oxygen atoms in total. The number of hydrogen-bond donors (Lipinski definition) is 2. The molecule has 0 amide bonds. The number of sulfonamides is 1. The van der Waals surface area contributed by atoms with Gasteiger partial charge in [0.05, 0.1) is 4.90 Å². The zero-order valence-corrected chi connectivity index (χ0v) is 12.7. The van der Waals surface area contributed by atoms with Crippen LogP contribution in [0.3, 0.4) is 0 Å². The van der Waals surface area contributed by atoms with Crippen molar-refractivity contribution in [3.8, 4) is 0 Å². The number of primary sulfonamides is 1. The molecular weight excluding hydrogens is 296 g/mol. The minimum atomic E-state index is -3.74. The van der Waals surface area contributed by atoms with Crippen LogP contribution in [-0.2, 0) is 16.6 Å². The first kappa shape index (κ1) is 14.6. The minimum Gasteiger partial charge on any atom is -0.380 e. The van der Waals surface area contributed by atoms with Gasteiger partial charge in [-0.15, -0.1) is 0 Å². The number of nitrogens with two attached hydrogens (primary N) is 1. The third-order valence-electron chi connectivity index (χ3n) is 3.52. The van der Waals surface area contributed by atoms with Crippen LogP contribution < -0.4 is 10.5 Å². The molecule has 0 aliphatic carbocycles. The summed E-state index contributed by atoms with van der Waals surface area (Å²) in [5.41, 5.74) is 2.04. The zero-order valence-electron chi connectivity index (χ0n) is 11.9. The summed E-state index contributed by atoms with van der Waals surface area (Å²) < 4.78 is 23.4. The van der Waals surface area contributed by atoms with E-state index in [1.54, 1.807) is 24.3 Å². The maximum absolute atomic E-state index is 11.7. The van der Waals surface area contributed by atoms with Crippen LogP contribution in [0.1, 0.15) is 5.56 Å². The Bertz CT molecular complexity index is 906. The van der Waals surface area contributed by atoms with Crippen molar-refractivity contribution in [1.82, 2.24) is 0 Å². The third-order valence-corrected chi connectivity index (χ3v) is 4.49. The number of nitrogens with one attached hydrogen (secondary N) is 1. The van der Waals surface area contributed by atoms with Crippen LogP contribution in [0.5, 0.6) is 0 Å². The summed E-state index contributed by atoms with van der Waals surface area (Å²) in [5, 5.41) is 10.1. The maximum Gasteiger partial charge on any atom is 0.238 e. The Morgan fingerprint density at radius 2 is 1.45 bits per heavy atom. The van der Waals surface area contributed by atoms with Crippen LogP contribution in [0.2, 0.25) is 0 Å². The Balaban J connectivity index is 2.01. The van der Waals surface area contributed by atoms with Gasteiger partial charge in [-0.2, -0.15) is 0 Å². The van der Waals surface area contributed by atoms with E-state index in [4.69, 9.17) is 5.14 Å². The molecule has 0 saturated carbocycles. The Hall–Kier alpha value is -2.37. The van der Waals surface area contributed by atoms with E-state index in [0.717, 1.165) is 16.6 Å². The van der Waals surface area contributed by atoms with Crippen LogP contribution >= 0.6 is 0 Å². The van der Waals surface area contributed by atoms with E-state index >= 15 is 0 Å². The van der Waals surface area contributed by atoms with Gasteiger partial charge in [-0.25, -0.2) is 13.6 Å². The van der Waals surface area contributed by atoms with Gasteiger partial charge >= 0.3 is 0 Å². The molecule has 0 aliphatic heterocycles. The molecule has 0 atom stereocenters. The summed E-state index contributed by atoms with van der Waals surface area (Å²) in [7, 11) is -3.74. The lowest BCUT2D eigenvalue weighted by atomic mass is 10.1. The van der Waals surface area contributed by atoms with Crippen molar-refractivity contribution in [2.45, 2.75) is 11.4 Å². The Morgan fingerprint density at radius 3 is 2.14 bits per heavy atom. The van der Waals surface area contributed by atoms with Gasteiger partial charge in [0.2, 0.25) is 10.0 Å². The van der Waals surface area contributed by atoms with Crippen molar-refractivity contribution in [3.63, 3.8) is 0 Å². The average Bonchev–Trinajstić information content (AvgIpc) is 2.52. The quantitative estimate of drug-likeness (QED) is 0.777. The van der Waals surface area contributed by atoms with E-state index in [-0.39, 0.29) is 4.90 Å². The normalized spacial score (nSPS) is 11.5. The van der Waals surface area contributed by atoms with E-state index in [1.807, 2.05) is 42.5 Å². The highest BCUT2D eigenvalue weighted by atomic mass is 32.2. The van der Waals surface area contributed by atoms with Gasteiger partial charge in [-0.05, 0) is 17.7 Å². The average molecular weight is 312 g/mol. The first-order valence-corrected chi connectivity index (χ1v) is 8.43. The largest absolute Gasteiger partial charge is 0.380 e. The summed E-state index contributed by atoms with van der Waals surface area (Å²) in [6, 6.07) is 20.6. The van der Waals surface area contributed by atoms with Gasteiger partial charge in [0.25, 0.3) is 0 Å². The topological polar surface area (TPSA) is 72.2 Å². The highest BCUT2D eigenvalue weighted by Crippen LogP contribution is 2.29. The van der Waals surface area contributed by atoms with Crippen molar-refractivity contribution < 1.29 is 8.42 Å². The monoisotopic (exact) mass is 312 g/mol. The molecule has 0 heterocycles. The molecule has 0 fully saturated rings. The number of hydrogen-bond acceptors (Lipinski definition) is 3. The van der Waals surface area contributed by atoms with E-state index in [0.29, 0.717) is 11.9 Å². The number of fused-ring (bicyclic) bond motifs is 1. The van der Waals surface area contributed by atoms with E-state index in [1.165, 1.54) is 0 Å². The summed E-state index contributed by atoms with van der Waals surface area (Å²) in [5.74, 6) is 0. The Labute approximate surface area is 129 Å². The molecule has 0 unspecified atom stereocenters. The van der Waals surface area contributed by atoms with Gasteiger partial charge in [0.15, 0.2) is 0 Å². The molecule has 0 bridgehead atoms. The molecular formula is C17H16N2O2S. The smallest absolute Gasteiger partial charge is 0.238 e. The molecule has 5 heteroatoms. The van der Waals surface area contributed by atoms with Crippen molar-refractivity contribution in [3.05, 3.63) is 72.3 Å². The van der Waals surface area contributed by atoms with Crippen molar-refractivity contribution in [2.24, 2.45) is 5.14 Å². The molecule has 22 heavy (non-hydrogen) atoms. The SMILES string of the molecule is NS(=O)(=O)c1ccc(NCc2ccccc2)c2ccccc12. The van der Waals surface area contributed by atoms with Crippen molar-refractivity contribution in [2.75, 3.05) is 5.32 Å². The lowest BCUT2D eigenvalue weighted by Gasteiger charge is -2.12. The van der Waals surface area contributed by atoms with E-state index in [9.17, 15) is 8.42 Å². The summed E-state index contributed by atoms with van der Waals surface area (Å²) >= 11 is 0. The minimum absolute atomic E-state index is 0.147. The van der Waals surface area contributed by atoms with E-state index < -0.39 is 10.0 Å². The zero-order chi connectivity index (χ0) is 15.6. The second kappa shape index (κ2) is 5.79. The molecule has 3 N–H and O–H groups in total. The van der Waals surface area contributed by atoms with Crippen LogP contribution in [0, 0.1) is 0 Å². The van der Waals surface area contributed by atoms with Crippen LogP contribution in [0.15, 0.2) is 71.6 Å². The predicted octanol–water partition coefficient (Wildman–Crippen LogP) is 3.10. The fraction of sp³-hybridized carbons (Fsp3) is 0.0588. The lowest BCUT2D eigenvalue weighted by molar-refractivity contribution is 0.598. The fourth-order valence-corrected chi connectivity index (χ4v) is 3.21. The van der Waals surface area contributed by atoms with Crippen LogP contribution in [0.25, 0.3) is 10.8 Å². The lowest BCUT2D eigenvalue weighted by Crippen LogP contribution is -2.13. The molecule has 3 rings (SSSR count). The number of rotatable bonds is 4. The van der Waals surface area contributed by atoms with E-state index in [2.05, 4.69) is 5.32 Å². The number of anilines is 1. The molecule has 112 valence electrons. The maximum atomic E-state index is 11.7. The molecule has 0 saturated heterocycles. The molecule has 0 aliphatic rings. The number of benzene rings is 3. The van der Waals surface area contributed by atoms with Crippen LogP contribution in [0.4, 0.5) is 5.69 Å². The summed E-state index contributed by atoms with van der Waals surface area (Å²) in [4.78, 5) is 0.147. The van der Waals surface area contributed by atoms with Gasteiger partial charge < -0.3 is 5.32 Å². The van der Waals surface area contributed by atoms with Crippen molar-refractivity contribution >= 4 is 26.5 Å². The highest BCUT2D eigenvalue weighted by molar-refractivity contribution is 7.89. The first-order chi connectivity index (χ1) is 10.6. The fourth-order valence-electron chi connectivity index (χ4n) is 2.47. The standard InChI is InChI=1S/C17H16N2O2S/c18-22(20,21)17-11-10-16(14-8-4-5-9-15(14)17)19-12-13-6-2-1-3-7-13/h1-11,19H,12H2,(H2,18,20,21). The van der Waals surface area contributed by atoms with Gasteiger partial charge in [0.1, 0.15) is 0 Å². The predicted molar refractivity (Wildman–Crippen MR) is 89.1 cm³/mol. The molecule has 3 aromatic carbocycles. The second-order valence-electron chi connectivity index (χ2n) is 5.04. The Kier molecular flexibility index (Phi) is 3.83. The first-order valence-electron chi connectivity index (χ1n) is 6.88. The molecule has 0 spiro atoms. The molecule has 0 radical (unpaired) electrons. The van der Waals surface area contributed by atoms with Gasteiger partial charge in [0, 0.05) is 23.0 Å². The molecule has 3 aromatic rings. The van der Waals surface area contributed by atoms with Gasteiger partial charge in [-0.1, -0.05) is 54.6 Å². The third kappa shape index (κ3) is 2.95. The van der Waals surface area contributed by atoms with Crippen molar-refractivity contribution in [1.29, 1.82) is 0 Å². The highest BCUT2D eigenvalue weighted by Gasteiger charge is 2.14. The van der Waals surface area contributed by atoms with Crippen LogP contribution in [-0.4, -0.2) is 8.42 Å². The molecule has 0 aromatic heterocycles. The Morgan fingerprint density at radius 1 is 0.818 bits per heavy atom. The van der Waals surface area contributed by atoms with Gasteiger partial charge in [-0.3, -0.25) is 0 Å².